The number of benzene rings is 4. The molecule has 0 saturated carbocycles. The maximum absolute atomic E-state index is 13.4. The zero-order valence-electron chi connectivity index (χ0n) is 22.7. The van der Waals surface area contributed by atoms with Crippen LogP contribution in [0.5, 0.6) is 11.5 Å². The highest BCUT2D eigenvalue weighted by molar-refractivity contribution is 8.00. The molecule has 0 radical (unpaired) electrons. The van der Waals surface area contributed by atoms with Gasteiger partial charge in [0.1, 0.15) is 5.70 Å². The van der Waals surface area contributed by atoms with Crippen LogP contribution >= 0.6 is 35.0 Å². The lowest BCUT2D eigenvalue weighted by Gasteiger charge is -2.13. The molecule has 0 heterocycles. The molecule has 0 aliphatic heterocycles. The van der Waals surface area contributed by atoms with Crippen molar-refractivity contribution in [3.8, 4) is 11.5 Å². The summed E-state index contributed by atoms with van der Waals surface area (Å²) in [7, 11) is 3.04. The SMILES string of the molecule is COc1ccc(/C=C(\NC(=O)c2ccccc2)C(=O)Nc2cccc(SCC(=O)c3ccc(Cl)c(Cl)c3)c2)cc1OC. The predicted octanol–water partition coefficient (Wildman–Crippen LogP) is 7.40. The van der Waals surface area contributed by atoms with Gasteiger partial charge in [0.05, 0.1) is 30.0 Å². The third-order valence-corrected chi connectivity index (χ3v) is 7.68. The Balaban J connectivity index is 1.53. The third kappa shape index (κ3) is 8.16. The molecule has 4 rings (SSSR count). The van der Waals surface area contributed by atoms with E-state index >= 15 is 0 Å². The Morgan fingerprint density at radius 3 is 2.26 bits per heavy atom. The first-order valence-corrected chi connectivity index (χ1v) is 14.3. The summed E-state index contributed by atoms with van der Waals surface area (Å²) in [6.45, 7) is 0. The first kappa shape index (κ1) is 30.7. The summed E-state index contributed by atoms with van der Waals surface area (Å²) >= 11 is 13.3. The predicted molar refractivity (Wildman–Crippen MR) is 168 cm³/mol. The van der Waals surface area contributed by atoms with Gasteiger partial charge in [0.25, 0.3) is 11.8 Å². The number of Topliss-reactive ketones (excluding diaryl/α,β-unsaturated/α-hetero) is 1. The van der Waals surface area contributed by atoms with Crippen LogP contribution in [0.25, 0.3) is 6.08 Å². The highest BCUT2D eigenvalue weighted by Crippen LogP contribution is 2.29. The number of halogens is 2. The van der Waals surface area contributed by atoms with Gasteiger partial charge in [-0.1, -0.05) is 53.5 Å². The third-order valence-electron chi connectivity index (χ3n) is 5.95. The number of rotatable bonds is 11. The Bertz CT molecular complexity index is 1640. The van der Waals surface area contributed by atoms with Crippen LogP contribution in [0.1, 0.15) is 26.3 Å². The van der Waals surface area contributed by atoms with Crippen LogP contribution in [0, 0.1) is 0 Å². The number of hydrogen-bond acceptors (Lipinski definition) is 6. The first-order chi connectivity index (χ1) is 20.3. The Kier molecular flexibility index (Phi) is 10.7. The van der Waals surface area contributed by atoms with E-state index in [0.717, 1.165) is 4.90 Å². The van der Waals surface area contributed by atoms with Crippen molar-refractivity contribution in [2.45, 2.75) is 4.90 Å². The molecule has 4 aromatic carbocycles. The fourth-order valence-electron chi connectivity index (χ4n) is 3.82. The van der Waals surface area contributed by atoms with Crippen molar-refractivity contribution in [1.82, 2.24) is 5.32 Å². The topological polar surface area (TPSA) is 93.7 Å². The summed E-state index contributed by atoms with van der Waals surface area (Å²) in [5.74, 6) is 0.0661. The zero-order chi connectivity index (χ0) is 30.1. The minimum atomic E-state index is -0.539. The number of carbonyl (C=O) groups excluding carboxylic acids is 3. The number of ketones is 1. The molecule has 4 aromatic rings. The summed E-state index contributed by atoms with van der Waals surface area (Å²) in [5.41, 5.74) is 1.97. The molecule has 0 saturated heterocycles. The van der Waals surface area contributed by atoms with Gasteiger partial charge >= 0.3 is 0 Å². The van der Waals surface area contributed by atoms with Gasteiger partial charge < -0.3 is 20.1 Å². The van der Waals surface area contributed by atoms with E-state index in [-0.39, 0.29) is 17.2 Å². The molecule has 7 nitrogen and oxygen atoms in total. The molecule has 0 unspecified atom stereocenters. The summed E-state index contributed by atoms with van der Waals surface area (Å²) in [5, 5.41) is 6.24. The highest BCUT2D eigenvalue weighted by Gasteiger charge is 2.16. The van der Waals surface area contributed by atoms with Crippen LogP contribution < -0.4 is 20.1 Å². The molecule has 0 aliphatic rings. The Morgan fingerprint density at radius 2 is 1.55 bits per heavy atom. The number of amides is 2. The molecule has 214 valence electrons. The Hall–Kier alpha value is -4.24. The van der Waals surface area contributed by atoms with Crippen LogP contribution in [-0.2, 0) is 4.79 Å². The summed E-state index contributed by atoms with van der Waals surface area (Å²) in [6.07, 6.45) is 1.55. The average Bonchev–Trinajstić information content (AvgIpc) is 3.01. The number of carbonyl (C=O) groups is 3. The van der Waals surface area contributed by atoms with E-state index in [1.165, 1.54) is 26.0 Å². The molecule has 42 heavy (non-hydrogen) atoms. The van der Waals surface area contributed by atoms with Crippen molar-refractivity contribution < 1.29 is 23.9 Å². The number of hydrogen-bond donors (Lipinski definition) is 2. The van der Waals surface area contributed by atoms with E-state index < -0.39 is 11.8 Å². The summed E-state index contributed by atoms with van der Waals surface area (Å²) in [4.78, 5) is 39.8. The minimum Gasteiger partial charge on any atom is -0.493 e. The number of thioether (sulfide) groups is 1. The van der Waals surface area contributed by atoms with Crippen molar-refractivity contribution in [2.75, 3.05) is 25.3 Å². The number of anilines is 1. The van der Waals surface area contributed by atoms with Crippen molar-refractivity contribution in [3.63, 3.8) is 0 Å². The van der Waals surface area contributed by atoms with Crippen LogP contribution in [-0.4, -0.2) is 37.6 Å². The fourth-order valence-corrected chi connectivity index (χ4v) is 4.96. The van der Waals surface area contributed by atoms with Gasteiger partial charge in [-0.3, -0.25) is 14.4 Å². The zero-order valence-corrected chi connectivity index (χ0v) is 25.0. The molecule has 2 N–H and O–H groups in total. The molecule has 0 spiro atoms. The van der Waals surface area contributed by atoms with Gasteiger partial charge in [-0.05, 0) is 72.3 Å². The second-order valence-corrected chi connectivity index (χ2v) is 10.7. The van der Waals surface area contributed by atoms with Gasteiger partial charge in [0.15, 0.2) is 17.3 Å². The molecule has 0 aliphatic carbocycles. The monoisotopic (exact) mass is 620 g/mol. The molecule has 0 atom stereocenters. The number of ether oxygens (including phenoxy) is 2. The highest BCUT2D eigenvalue weighted by atomic mass is 35.5. The summed E-state index contributed by atoms with van der Waals surface area (Å²) in [6, 6.07) is 25.5. The molecule has 10 heteroatoms. The van der Waals surface area contributed by atoms with Gasteiger partial charge in [0.2, 0.25) is 0 Å². The van der Waals surface area contributed by atoms with Crippen molar-refractivity contribution in [2.24, 2.45) is 0 Å². The molecule has 0 aromatic heterocycles. The van der Waals surface area contributed by atoms with Gasteiger partial charge in [-0.15, -0.1) is 11.8 Å². The van der Waals surface area contributed by atoms with Crippen LogP contribution in [0.15, 0.2) is 102 Å². The second kappa shape index (κ2) is 14.6. The maximum Gasteiger partial charge on any atom is 0.272 e. The van der Waals surface area contributed by atoms with E-state index in [1.54, 1.807) is 91.0 Å². The lowest BCUT2D eigenvalue weighted by atomic mass is 10.1. The molecule has 2 amide bonds. The number of methoxy groups -OCH3 is 2. The van der Waals surface area contributed by atoms with E-state index in [9.17, 15) is 14.4 Å². The lowest BCUT2D eigenvalue weighted by molar-refractivity contribution is -0.113. The first-order valence-electron chi connectivity index (χ1n) is 12.6. The summed E-state index contributed by atoms with van der Waals surface area (Å²) < 4.78 is 10.7. The van der Waals surface area contributed by atoms with Crippen LogP contribution in [0.2, 0.25) is 10.0 Å². The fraction of sp³-hybridized carbons (Fsp3) is 0.0938. The number of nitrogens with one attached hydrogen (secondary N) is 2. The quantitative estimate of drug-likeness (QED) is 0.103. The Labute approximate surface area is 257 Å². The van der Waals surface area contributed by atoms with Crippen molar-refractivity contribution in [1.29, 1.82) is 0 Å². The van der Waals surface area contributed by atoms with E-state index in [2.05, 4.69) is 10.6 Å². The van der Waals surface area contributed by atoms with Gasteiger partial charge in [0, 0.05) is 21.7 Å². The largest absolute Gasteiger partial charge is 0.493 e. The van der Waals surface area contributed by atoms with E-state index in [0.29, 0.717) is 43.9 Å². The van der Waals surface area contributed by atoms with E-state index in [4.69, 9.17) is 32.7 Å². The van der Waals surface area contributed by atoms with Crippen LogP contribution in [0.4, 0.5) is 5.69 Å². The molecule has 0 bridgehead atoms. The maximum atomic E-state index is 13.4. The molecule has 0 fully saturated rings. The standard InChI is InChI=1S/C32H26Cl2N2O5S/c1-40-29-14-11-20(16-30(29)41-2)15-27(36-31(38)21-7-4-3-5-8-21)32(39)35-23-9-6-10-24(18-23)42-19-28(37)22-12-13-25(33)26(34)17-22/h3-18H,19H2,1-2H3,(H,35,39)(H,36,38)/b27-15-. The normalized spacial score (nSPS) is 11.0. The van der Waals surface area contributed by atoms with Crippen molar-refractivity contribution >= 4 is 64.3 Å². The lowest BCUT2D eigenvalue weighted by Crippen LogP contribution is -2.30. The minimum absolute atomic E-state index is 0.0175. The molecular weight excluding hydrogens is 595 g/mol. The van der Waals surface area contributed by atoms with Crippen molar-refractivity contribution in [3.05, 3.63) is 123 Å². The molecular formula is C32H26Cl2N2O5S. The average molecular weight is 622 g/mol. The van der Waals surface area contributed by atoms with Gasteiger partial charge in [-0.25, -0.2) is 0 Å². The Morgan fingerprint density at radius 1 is 0.786 bits per heavy atom. The van der Waals surface area contributed by atoms with E-state index in [1.807, 2.05) is 6.07 Å². The van der Waals surface area contributed by atoms with Gasteiger partial charge in [-0.2, -0.15) is 0 Å². The van der Waals surface area contributed by atoms with Crippen LogP contribution in [0.3, 0.4) is 0 Å². The smallest absolute Gasteiger partial charge is 0.272 e. The second-order valence-electron chi connectivity index (χ2n) is 8.82.